The summed E-state index contributed by atoms with van der Waals surface area (Å²) in [4.78, 5) is 18.6. The summed E-state index contributed by atoms with van der Waals surface area (Å²) in [5, 5.41) is 14.4. The largest absolute Gasteiger partial charge is 0.482 e. The Bertz CT molecular complexity index is 1340. The van der Waals surface area contributed by atoms with Crippen LogP contribution in [-0.4, -0.2) is 20.7 Å². The van der Waals surface area contributed by atoms with Gasteiger partial charge in [0.05, 0.1) is 11.4 Å². The molecule has 1 aromatic carbocycles. The SMILES string of the molecule is C/C=C1/Cc2nn(C)c(C#N)c2-c2cnc(N)c(c2)O[C@H](C)c2cc(F)ccc2N1C(C)=O. The molecule has 0 unspecified atom stereocenters. The van der Waals surface area contributed by atoms with E-state index in [4.69, 9.17) is 10.5 Å². The second kappa shape index (κ2) is 8.39. The van der Waals surface area contributed by atoms with Crippen molar-refractivity contribution in [2.24, 2.45) is 7.05 Å². The molecule has 4 rings (SSSR count). The van der Waals surface area contributed by atoms with E-state index in [1.165, 1.54) is 28.6 Å². The molecule has 2 bridgehead atoms. The lowest BCUT2D eigenvalue weighted by Crippen LogP contribution is -2.30. The van der Waals surface area contributed by atoms with E-state index >= 15 is 0 Å². The zero-order chi connectivity index (χ0) is 23.9. The van der Waals surface area contributed by atoms with Crippen molar-refractivity contribution in [3.05, 3.63) is 65.0 Å². The van der Waals surface area contributed by atoms with Gasteiger partial charge in [-0.15, -0.1) is 0 Å². The smallest absolute Gasteiger partial charge is 0.228 e. The molecule has 0 fully saturated rings. The number of nitrogens with two attached hydrogens (primary N) is 1. The zero-order valence-corrected chi connectivity index (χ0v) is 18.8. The summed E-state index contributed by atoms with van der Waals surface area (Å²) in [5.74, 6) is -0.262. The van der Waals surface area contributed by atoms with Crippen molar-refractivity contribution in [3.8, 4) is 22.9 Å². The summed E-state index contributed by atoms with van der Waals surface area (Å²) < 4.78 is 21.9. The fraction of sp³-hybridized carbons (Fsp3) is 0.250. The fourth-order valence-electron chi connectivity index (χ4n) is 4.14. The Balaban J connectivity index is 2.05. The molecule has 0 saturated carbocycles. The predicted molar refractivity (Wildman–Crippen MR) is 122 cm³/mol. The normalized spacial score (nSPS) is 16.7. The van der Waals surface area contributed by atoms with E-state index in [-0.39, 0.29) is 23.9 Å². The fourth-order valence-corrected chi connectivity index (χ4v) is 4.14. The molecule has 3 heterocycles. The van der Waals surface area contributed by atoms with Crippen molar-refractivity contribution in [1.82, 2.24) is 14.8 Å². The van der Waals surface area contributed by atoms with Gasteiger partial charge < -0.3 is 10.5 Å². The lowest BCUT2D eigenvalue weighted by molar-refractivity contribution is -0.116. The van der Waals surface area contributed by atoms with Crippen molar-refractivity contribution in [2.45, 2.75) is 33.3 Å². The first-order valence-electron chi connectivity index (χ1n) is 10.4. The van der Waals surface area contributed by atoms with Gasteiger partial charge in [-0.05, 0) is 38.1 Å². The number of aryl methyl sites for hydroxylation is 1. The molecule has 0 aliphatic carbocycles. The molecular weight excluding hydrogens is 423 g/mol. The Morgan fingerprint density at radius 3 is 2.82 bits per heavy atom. The highest BCUT2D eigenvalue weighted by Crippen LogP contribution is 2.39. The number of amides is 1. The van der Waals surface area contributed by atoms with Crippen LogP contribution in [0.1, 0.15) is 43.8 Å². The molecule has 3 aromatic rings. The zero-order valence-electron chi connectivity index (χ0n) is 18.8. The van der Waals surface area contributed by atoms with E-state index in [9.17, 15) is 14.4 Å². The lowest BCUT2D eigenvalue weighted by Gasteiger charge is -2.29. The van der Waals surface area contributed by atoms with Gasteiger partial charge in [-0.1, -0.05) is 6.08 Å². The second-order valence-electron chi connectivity index (χ2n) is 7.79. The minimum absolute atomic E-state index is 0.155. The minimum atomic E-state index is -0.654. The Morgan fingerprint density at radius 1 is 1.39 bits per heavy atom. The number of aromatic nitrogens is 3. The van der Waals surface area contributed by atoms with Gasteiger partial charge >= 0.3 is 0 Å². The number of fused-ring (bicyclic) bond motifs is 5. The maximum atomic E-state index is 14.3. The first-order chi connectivity index (χ1) is 15.7. The van der Waals surface area contributed by atoms with Crippen LogP contribution < -0.4 is 15.4 Å². The van der Waals surface area contributed by atoms with Gasteiger partial charge in [-0.2, -0.15) is 10.4 Å². The molecule has 2 aromatic heterocycles. The molecule has 1 atom stereocenters. The Labute approximate surface area is 190 Å². The van der Waals surface area contributed by atoms with Crippen LogP contribution in [-0.2, 0) is 18.3 Å². The standard InChI is InChI=1S/C24H23FN6O2/c1-5-17-10-19-23(21(11-26)30(4)29-19)15-8-22(24(27)28-12-15)33-13(2)18-9-16(25)6-7-20(18)31(17)14(3)32/h5-9,12-13H,10H2,1-4H3,(H2,27,28)/b17-5-/t13-/m1/s1. The summed E-state index contributed by atoms with van der Waals surface area (Å²) in [7, 11) is 1.68. The quantitative estimate of drug-likeness (QED) is 0.558. The Kier molecular flexibility index (Phi) is 5.60. The number of anilines is 2. The summed E-state index contributed by atoms with van der Waals surface area (Å²) in [6, 6.07) is 8.11. The number of pyridine rings is 1. The monoisotopic (exact) mass is 446 g/mol. The van der Waals surface area contributed by atoms with Gasteiger partial charge in [-0.25, -0.2) is 9.37 Å². The van der Waals surface area contributed by atoms with Crippen molar-refractivity contribution < 1.29 is 13.9 Å². The maximum absolute atomic E-state index is 14.3. The van der Waals surface area contributed by atoms with Crippen LogP contribution in [0.3, 0.4) is 0 Å². The van der Waals surface area contributed by atoms with Crippen LogP contribution in [0.15, 0.2) is 42.2 Å². The number of nitrogens with zero attached hydrogens (tertiary/aromatic N) is 5. The lowest BCUT2D eigenvalue weighted by atomic mass is 9.99. The highest BCUT2D eigenvalue weighted by Gasteiger charge is 2.28. The molecule has 2 N–H and O–H groups in total. The van der Waals surface area contributed by atoms with Gasteiger partial charge in [0.25, 0.3) is 0 Å². The Morgan fingerprint density at radius 2 is 2.15 bits per heavy atom. The third-order valence-corrected chi connectivity index (χ3v) is 5.65. The van der Waals surface area contributed by atoms with E-state index < -0.39 is 11.9 Å². The van der Waals surface area contributed by atoms with Gasteiger partial charge in [0.2, 0.25) is 5.91 Å². The molecule has 8 nitrogen and oxygen atoms in total. The number of nitrogen functional groups attached to an aromatic ring is 1. The number of ether oxygens (including phenoxy) is 1. The van der Waals surface area contributed by atoms with Crippen molar-refractivity contribution in [3.63, 3.8) is 0 Å². The number of nitriles is 1. The van der Waals surface area contributed by atoms with Crippen LogP contribution in [0.2, 0.25) is 0 Å². The van der Waals surface area contributed by atoms with Gasteiger partial charge in [0.1, 0.15) is 23.7 Å². The molecule has 1 aliphatic rings. The highest BCUT2D eigenvalue weighted by atomic mass is 19.1. The number of hydrogen-bond donors (Lipinski definition) is 1. The first-order valence-corrected chi connectivity index (χ1v) is 10.4. The average Bonchev–Trinajstić information content (AvgIpc) is 3.09. The van der Waals surface area contributed by atoms with Crippen molar-refractivity contribution in [1.29, 1.82) is 5.26 Å². The molecule has 33 heavy (non-hydrogen) atoms. The molecule has 168 valence electrons. The molecular formula is C24H23FN6O2. The van der Waals surface area contributed by atoms with E-state index in [2.05, 4.69) is 16.2 Å². The average molecular weight is 446 g/mol. The third-order valence-electron chi connectivity index (χ3n) is 5.65. The Hall–Kier alpha value is -4.19. The summed E-state index contributed by atoms with van der Waals surface area (Å²) in [5.41, 5.74) is 9.81. The van der Waals surface area contributed by atoms with Crippen LogP contribution in [0, 0.1) is 17.1 Å². The van der Waals surface area contributed by atoms with Gasteiger partial charge in [-0.3, -0.25) is 14.4 Å². The van der Waals surface area contributed by atoms with Gasteiger partial charge in [0, 0.05) is 49.0 Å². The van der Waals surface area contributed by atoms with Crippen molar-refractivity contribution in [2.75, 3.05) is 10.6 Å². The molecule has 9 heteroatoms. The number of allylic oxidation sites excluding steroid dienone is 2. The van der Waals surface area contributed by atoms with Crippen molar-refractivity contribution >= 4 is 17.4 Å². The maximum Gasteiger partial charge on any atom is 0.228 e. The highest BCUT2D eigenvalue weighted by molar-refractivity contribution is 5.96. The number of carbonyl (C=O) groups excluding carboxylic acids is 1. The molecule has 1 amide bonds. The molecule has 1 aliphatic heterocycles. The topological polar surface area (TPSA) is 110 Å². The van der Waals surface area contributed by atoms with E-state index in [1.807, 2.05) is 13.0 Å². The predicted octanol–water partition coefficient (Wildman–Crippen LogP) is 4.03. The van der Waals surface area contributed by atoms with E-state index in [1.54, 1.807) is 32.3 Å². The number of hydrogen-bond acceptors (Lipinski definition) is 6. The number of halogens is 1. The third kappa shape index (κ3) is 3.80. The van der Waals surface area contributed by atoms with Crippen LogP contribution in [0.25, 0.3) is 11.1 Å². The summed E-state index contributed by atoms with van der Waals surface area (Å²) >= 11 is 0. The molecule has 0 spiro atoms. The second-order valence-corrected chi connectivity index (χ2v) is 7.79. The number of rotatable bonds is 0. The van der Waals surface area contributed by atoms with Crippen LogP contribution >= 0.6 is 0 Å². The summed E-state index contributed by atoms with van der Waals surface area (Å²) in [6.45, 7) is 5.01. The molecule has 0 saturated heterocycles. The van der Waals surface area contributed by atoms with Crippen LogP contribution in [0.4, 0.5) is 15.9 Å². The number of carbonyl (C=O) groups is 1. The number of benzene rings is 1. The van der Waals surface area contributed by atoms with E-state index in [0.29, 0.717) is 39.5 Å². The van der Waals surface area contributed by atoms with E-state index in [0.717, 1.165) is 0 Å². The van der Waals surface area contributed by atoms with Crippen LogP contribution in [0.5, 0.6) is 5.75 Å². The first kappa shape index (κ1) is 22.0. The summed E-state index contributed by atoms with van der Waals surface area (Å²) in [6.07, 6.45) is 2.97. The molecule has 0 radical (unpaired) electrons. The van der Waals surface area contributed by atoms with Gasteiger partial charge in [0.15, 0.2) is 11.6 Å². The minimum Gasteiger partial charge on any atom is -0.482 e.